The molecule has 1 heterocycles. The van der Waals surface area contributed by atoms with Crippen LogP contribution in [0.4, 0.5) is 4.39 Å². The minimum atomic E-state index is -1.07. The number of hydrogen-bond acceptors (Lipinski definition) is 2. The summed E-state index contributed by atoms with van der Waals surface area (Å²) in [4.78, 5) is 25.1. The fourth-order valence-electron chi connectivity index (χ4n) is 2.92. The number of halogens is 1. The Labute approximate surface area is 116 Å². The lowest BCUT2D eigenvalue weighted by Gasteiger charge is -2.30. The molecule has 1 aliphatic heterocycles. The van der Waals surface area contributed by atoms with Crippen LogP contribution in [0.1, 0.15) is 34.8 Å². The molecule has 1 saturated carbocycles. The molecule has 0 saturated heterocycles. The number of nitrogens with zero attached hydrogens (tertiary/aromatic N) is 1. The van der Waals surface area contributed by atoms with Gasteiger partial charge in [0.05, 0.1) is 5.56 Å². The molecule has 4 nitrogen and oxygen atoms in total. The van der Waals surface area contributed by atoms with Gasteiger partial charge in [-0.05, 0) is 42.0 Å². The maximum Gasteiger partial charge on any atom is 0.336 e. The van der Waals surface area contributed by atoms with Crippen molar-refractivity contribution in [2.45, 2.75) is 26.3 Å². The predicted molar refractivity (Wildman–Crippen MR) is 69.8 cm³/mol. The van der Waals surface area contributed by atoms with E-state index in [9.17, 15) is 19.1 Å². The average molecular weight is 277 g/mol. The summed E-state index contributed by atoms with van der Waals surface area (Å²) in [6.45, 7) is 2.70. The van der Waals surface area contributed by atoms with Crippen LogP contribution >= 0.6 is 0 Å². The second-order valence-corrected chi connectivity index (χ2v) is 5.69. The zero-order chi connectivity index (χ0) is 14.4. The topological polar surface area (TPSA) is 57.6 Å². The molecule has 2 unspecified atom stereocenters. The van der Waals surface area contributed by atoms with Crippen LogP contribution in [-0.4, -0.2) is 28.4 Å². The molecule has 1 N–H and O–H groups in total. The van der Waals surface area contributed by atoms with Gasteiger partial charge in [0.1, 0.15) is 5.82 Å². The van der Waals surface area contributed by atoms with Gasteiger partial charge in [0, 0.05) is 19.0 Å². The Hall–Kier alpha value is -1.91. The first-order valence-electron chi connectivity index (χ1n) is 6.81. The maximum atomic E-state index is 13.8. The van der Waals surface area contributed by atoms with Gasteiger partial charge >= 0.3 is 5.97 Å². The molecule has 2 aliphatic rings. The zero-order valence-corrected chi connectivity index (χ0v) is 11.2. The zero-order valence-electron chi connectivity index (χ0n) is 11.2. The van der Waals surface area contributed by atoms with Crippen LogP contribution in [0.3, 0.4) is 0 Å². The summed E-state index contributed by atoms with van der Waals surface area (Å²) in [7, 11) is 0. The van der Waals surface area contributed by atoms with Crippen molar-refractivity contribution < 1.29 is 19.1 Å². The van der Waals surface area contributed by atoms with Crippen LogP contribution in [0, 0.1) is 17.7 Å². The highest BCUT2D eigenvalue weighted by Gasteiger charge is 2.42. The monoisotopic (exact) mass is 277 g/mol. The summed E-state index contributed by atoms with van der Waals surface area (Å²) < 4.78 is 13.8. The first-order chi connectivity index (χ1) is 9.49. The Morgan fingerprint density at radius 3 is 2.65 bits per heavy atom. The molecule has 1 amide bonds. The molecule has 106 valence electrons. The molecule has 20 heavy (non-hydrogen) atoms. The first-order valence-corrected chi connectivity index (χ1v) is 6.81. The van der Waals surface area contributed by atoms with Gasteiger partial charge < -0.3 is 10.0 Å². The molecular formula is C15H16FNO3. The van der Waals surface area contributed by atoms with Gasteiger partial charge in [0.25, 0.3) is 0 Å². The number of carbonyl (C=O) groups excluding carboxylic acids is 1. The van der Waals surface area contributed by atoms with Crippen molar-refractivity contribution in [1.29, 1.82) is 0 Å². The van der Waals surface area contributed by atoms with E-state index in [4.69, 9.17) is 0 Å². The van der Waals surface area contributed by atoms with Gasteiger partial charge in [-0.25, -0.2) is 9.18 Å². The molecule has 0 bridgehead atoms. The summed E-state index contributed by atoms with van der Waals surface area (Å²) in [6, 6.07) is 2.48. The number of carboxylic acid groups (broad SMARTS) is 1. The molecule has 3 rings (SSSR count). The number of benzene rings is 1. The van der Waals surface area contributed by atoms with E-state index in [1.54, 1.807) is 4.90 Å². The molecule has 5 heteroatoms. The quantitative estimate of drug-likeness (QED) is 0.900. The minimum absolute atomic E-state index is 0.0680. The molecule has 0 radical (unpaired) electrons. The molecule has 0 aromatic heterocycles. The normalized spacial score (nSPS) is 24.2. The molecule has 2 atom stereocenters. The fraction of sp³-hybridized carbons (Fsp3) is 0.467. The lowest BCUT2D eigenvalue weighted by Crippen LogP contribution is -2.38. The smallest absolute Gasteiger partial charge is 0.336 e. The second kappa shape index (κ2) is 4.58. The van der Waals surface area contributed by atoms with Crippen LogP contribution in [0.25, 0.3) is 0 Å². The molecule has 1 fully saturated rings. The highest BCUT2D eigenvalue weighted by atomic mass is 19.1. The van der Waals surface area contributed by atoms with Crippen molar-refractivity contribution in [2.24, 2.45) is 11.8 Å². The van der Waals surface area contributed by atoms with E-state index in [2.05, 4.69) is 0 Å². The number of fused-ring (bicyclic) bond motifs is 1. The summed E-state index contributed by atoms with van der Waals surface area (Å²) in [5, 5.41) is 9.19. The third-order valence-corrected chi connectivity index (χ3v) is 4.32. The van der Waals surface area contributed by atoms with Crippen LogP contribution in [0.2, 0.25) is 0 Å². The first kappa shape index (κ1) is 13.1. The van der Waals surface area contributed by atoms with Gasteiger partial charge in [-0.2, -0.15) is 0 Å². The summed E-state index contributed by atoms with van der Waals surface area (Å²) in [5.41, 5.74) is 0.992. The highest BCUT2D eigenvalue weighted by molar-refractivity contribution is 5.90. The van der Waals surface area contributed by atoms with Crippen molar-refractivity contribution in [3.8, 4) is 0 Å². The number of carbonyl (C=O) groups is 2. The highest BCUT2D eigenvalue weighted by Crippen LogP contribution is 2.40. The van der Waals surface area contributed by atoms with E-state index in [1.165, 1.54) is 12.1 Å². The van der Waals surface area contributed by atoms with Gasteiger partial charge in [0.15, 0.2) is 0 Å². The summed E-state index contributed by atoms with van der Waals surface area (Å²) in [6.07, 6.45) is 1.28. The second-order valence-electron chi connectivity index (χ2n) is 5.69. The van der Waals surface area contributed by atoms with Crippen LogP contribution in [-0.2, 0) is 17.8 Å². The average Bonchev–Trinajstić information content (AvgIpc) is 3.14. The van der Waals surface area contributed by atoms with Crippen LogP contribution in [0.15, 0.2) is 12.1 Å². The molecule has 1 aromatic carbocycles. The maximum absolute atomic E-state index is 13.8. The SMILES string of the molecule is CC1CC1C(=O)N1CCc2c(F)ccc(C(=O)O)c2C1. The number of carboxylic acids is 1. The fourth-order valence-corrected chi connectivity index (χ4v) is 2.92. The Morgan fingerprint density at radius 1 is 1.35 bits per heavy atom. The number of hydrogen-bond donors (Lipinski definition) is 1. The van der Waals surface area contributed by atoms with Gasteiger partial charge in [-0.1, -0.05) is 6.92 Å². The predicted octanol–water partition coefficient (Wildman–Crippen LogP) is 2.06. The molecule has 0 spiro atoms. The number of rotatable bonds is 2. The third kappa shape index (κ3) is 2.07. The van der Waals surface area contributed by atoms with Crippen molar-refractivity contribution in [3.05, 3.63) is 34.6 Å². The van der Waals surface area contributed by atoms with Crippen molar-refractivity contribution in [3.63, 3.8) is 0 Å². The lowest BCUT2D eigenvalue weighted by molar-refractivity contribution is -0.133. The molecule has 1 aromatic rings. The minimum Gasteiger partial charge on any atom is -0.478 e. The van der Waals surface area contributed by atoms with Crippen molar-refractivity contribution in [1.82, 2.24) is 4.90 Å². The van der Waals surface area contributed by atoms with E-state index >= 15 is 0 Å². The van der Waals surface area contributed by atoms with E-state index in [-0.39, 0.29) is 29.8 Å². The Kier molecular flexibility index (Phi) is 3.00. The van der Waals surface area contributed by atoms with E-state index in [1.807, 2.05) is 6.92 Å². The van der Waals surface area contributed by atoms with Crippen LogP contribution < -0.4 is 0 Å². The third-order valence-electron chi connectivity index (χ3n) is 4.32. The van der Waals surface area contributed by atoms with Gasteiger partial charge in [-0.3, -0.25) is 4.79 Å². The largest absolute Gasteiger partial charge is 0.478 e. The van der Waals surface area contributed by atoms with Crippen LogP contribution in [0.5, 0.6) is 0 Å². The van der Waals surface area contributed by atoms with Crippen molar-refractivity contribution in [2.75, 3.05) is 6.54 Å². The lowest BCUT2D eigenvalue weighted by atomic mass is 9.94. The van der Waals surface area contributed by atoms with E-state index < -0.39 is 5.97 Å². The van der Waals surface area contributed by atoms with Crippen molar-refractivity contribution >= 4 is 11.9 Å². The molecular weight excluding hydrogens is 261 g/mol. The van der Waals surface area contributed by atoms with E-state index in [0.717, 1.165) is 6.42 Å². The van der Waals surface area contributed by atoms with Gasteiger partial charge in [0.2, 0.25) is 5.91 Å². The summed E-state index contributed by atoms with van der Waals surface area (Å²) in [5.74, 6) is -0.898. The molecule has 1 aliphatic carbocycles. The number of amides is 1. The number of aromatic carboxylic acids is 1. The Balaban J connectivity index is 1.91. The standard InChI is InChI=1S/C15H16FNO3/c1-8-6-11(8)14(18)17-5-4-9-12(7-17)10(15(19)20)2-3-13(9)16/h2-3,8,11H,4-7H2,1H3,(H,19,20). The Morgan fingerprint density at radius 2 is 2.05 bits per heavy atom. The Bertz CT molecular complexity index is 599. The van der Waals surface area contributed by atoms with Gasteiger partial charge in [-0.15, -0.1) is 0 Å². The van der Waals surface area contributed by atoms with E-state index in [0.29, 0.717) is 30.0 Å². The summed E-state index contributed by atoms with van der Waals surface area (Å²) >= 11 is 0.